The maximum absolute atomic E-state index is 3.45. The lowest BCUT2D eigenvalue weighted by Crippen LogP contribution is -2.40. The zero-order chi connectivity index (χ0) is 10.2. The molecule has 0 aliphatic heterocycles. The summed E-state index contributed by atoms with van der Waals surface area (Å²) in [4.78, 5) is 0. The third-order valence-electron chi connectivity index (χ3n) is 1.57. The lowest BCUT2D eigenvalue weighted by atomic mass is 9.93. The summed E-state index contributed by atoms with van der Waals surface area (Å²) in [7, 11) is 0. The molecule has 0 aromatic carbocycles. The summed E-state index contributed by atoms with van der Waals surface area (Å²) in [6, 6.07) is 0. The van der Waals surface area contributed by atoms with E-state index in [4.69, 9.17) is 0 Å². The Bertz CT molecular complexity index is 85.0. The molecule has 0 aromatic heterocycles. The van der Waals surface area contributed by atoms with Crippen molar-refractivity contribution >= 4 is 0 Å². The Balaban J connectivity index is 0. The molecular formula is C11H27N. The van der Waals surface area contributed by atoms with Gasteiger partial charge in [0.05, 0.1) is 0 Å². The second-order valence-electron chi connectivity index (χ2n) is 4.01. The molecule has 0 radical (unpaired) electrons. The van der Waals surface area contributed by atoms with Crippen molar-refractivity contribution in [3.05, 3.63) is 0 Å². The molecule has 0 aliphatic rings. The van der Waals surface area contributed by atoms with Crippen molar-refractivity contribution in [1.82, 2.24) is 5.32 Å². The highest BCUT2D eigenvalue weighted by Crippen LogP contribution is 2.14. The maximum Gasteiger partial charge on any atom is 0.0127 e. The van der Waals surface area contributed by atoms with Crippen LogP contribution in [0, 0.1) is 5.92 Å². The average molecular weight is 173 g/mol. The van der Waals surface area contributed by atoms with Gasteiger partial charge in [-0.1, -0.05) is 34.6 Å². The van der Waals surface area contributed by atoms with Crippen molar-refractivity contribution in [3.8, 4) is 0 Å². The second kappa shape index (κ2) is 7.60. The van der Waals surface area contributed by atoms with Crippen LogP contribution in [0.2, 0.25) is 0 Å². The van der Waals surface area contributed by atoms with Gasteiger partial charge in [0, 0.05) is 5.54 Å². The van der Waals surface area contributed by atoms with Gasteiger partial charge < -0.3 is 5.32 Å². The molecule has 0 rings (SSSR count). The first-order chi connectivity index (χ1) is 5.48. The van der Waals surface area contributed by atoms with Crippen molar-refractivity contribution < 1.29 is 0 Å². The molecule has 1 N–H and O–H groups in total. The molecule has 76 valence electrons. The minimum absolute atomic E-state index is 0.322. The summed E-state index contributed by atoms with van der Waals surface area (Å²) in [6.45, 7) is 16.3. The van der Waals surface area contributed by atoms with Crippen LogP contribution in [0.4, 0.5) is 0 Å². The van der Waals surface area contributed by atoms with Crippen molar-refractivity contribution in [2.24, 2.45) is 5.92 Å². The molecule has 0 unspecified atom stereocenters. The van der Waals surface area contributed by atoms with Crippen LogP contribution in [0.15, 0.2) is 0 Å². The Labute approximate surface area is 78.9 Å². The van der Waals surface area contributed by atoms with E-state index in [9.17, 15) is 0 Å². The second-order valence-corrected chi connectivity index (χ2v) is 4.01. The van der Waals surface area contributed by atoms with E-state index >= 15 is 0 Å². The zero-order valence-electron chi connectivity index (χ0n) is 9.99. The lowest BCUT2D eigenvalue weighted by Gasteiger charge is -2.27. The number of rotatable bonds is 4. The van der Waals surface area contributed by atoms with Crippen LogP contribution in [0.3, 0.4) is 0 Å². The highest BCUT2D eigenvalue weighted by atomic mass is 14.9. The Hall–Kier alpha value is -0.0400. The van der Waals surface area contributed by atoms with Crippen LogP contribution in [-0.2, 0) is 0 Å². The smallest absolute Gasteiger partial charge is 0.0127 e. The van der Waals surface area contributed by atoms with E-state index in [2.05, 4.69) is 39.9 Å². The molecule has 0 fully saturated rings. The van der Waals surface area contributed by atoms with Gasteiger partial charge in [-0.3, -0.25) is 0 Å². The zero-order valence-corrected chi connectivity index (χ0v) is 9.99. The first kappa shape index (κ1) is 14.5. The SMILES string of the molecule is CC.CCNC(C)(C)CC(C)C. The summed E-state index contributed by atoms with van der Waals surface area (Å²) in [5.74, 6) is 0.786. The van der Waals surface area contributed by atoms with Gasteiger partial charge >= 0.3 is 0 Å². The predicted octanol–water partition coefficient (Wildman–Crippen LogP) is 3.45. The summed E-state index contributed by atoms with van der Waals surface area (Å²) in [6.07, 6.45) is 1.25. The van der Waals surface area contributed by atoms with Crippen molar-refractivity contribution in [3.63, 3.8) is 0 Å². The number of nitrogens with one attached hydrogen (secondary N) is 1. The van der Waals surface area contributed by atoms with Gasteiger partial charge in [-0.25, -0.2) is 0 Å². The van der Waals surface area contributed by atoms with Crippen molar-refractivity contribution in [1.29, 1.82) is 0 Å². The van der Waals surface area contributed by atoms with Crippen LogP contribution in [0.25, 0.3) is 0 Å². The molecule has 1 heteroatoms. The molecule has 0 amide bonds. The van der Waals surface area contributed by atoms with Gasteiger partial charge in [-0.15, -0.1) is 0 Å². The molecule has 0 aromatic rings. The molecular weight excluding hydrogens is 146 g/mol. The quantitative estimate of drug-likeness (QED) is 0.686. The van der Waals surface area contributed by atoms with Gasteiger partial charge in [0.1, 0.15) is 0 Å². The van der Waals surface area contributed by atoms with Crippen LogP contribution >= 0.6 is 0 Å². The normalized spacial score (nSPS) is 11.0. The molecule has 0 bridgehead atoms. The van der Waals surface area contributed by atoms with Gasteiger partial charge in [0.2, 0.25) is 0 Å². The molecule has 0 saturated carbocycles. The standard InChI is InChI=1S/C9H21N.C2H6/c1-6-10-9(4,5)7-8(2)3;1-2/h8,10H,6-7H2,1-5H3;1-2H3. The van der Waals surface area contributed by atoms with Crippen LogP contribution in [0.1, 0.15) is 54.9 Å². The van der Waals surface area contributed by atoms with Gasteiger partial charge in [0.25, 0.3) is 0 Å². The fourth-order valence-electron chi connectivity index (χ4n) is 1.57. The summed E-state index contributed by atoms with van der Waals surface area (Å²) in [5, 5.41) is 3.45. The minimum atomic E-state index is 0.322. The Kier molecular flexibility index (Phi) is 9.17. The molecule has 0 saturated heterocycles. The Morgan fingerprint density at radius 1 is 1.17 bits per heavy atom. The van der Waals surface area contributed by atoms with Crippen LogP contribution < -0.4 is 5.32 Å². The fourth-order valence-corrected chi connectivity index (χ4v) is 1.57. The van der Waals surface area contributed by atoms with Crippen molar-refractivity contribution in [2.45, 2.75) is 60.4 Å². The summed E-state index contributed by atoms with van der Waals surface area (Å²) < 4.78 is 0. The molecule has 1 nitrogen and oxygen atoms in total. The third-order valence-corrected chi connectivity index (χ3v) is 1.57. The van der Waals surface area contributed by atoms with E-state index in [1.54, 1.807) is 0 Å². The molecule has 0 atom stereocenters. The molecule has 12 heavy (non-hydrogen) atoms. The highest BCUT2D eigenvalue weighted by Gasteiger charge is 2.16. The van der Waals surface area contributed by atoms with E-state index < -0.39 is 0 Å². The Morgan fingerprint density at radius 2 is 1.58 bits per heavy atom. The van der Waals surface area contributed by atoms with Crippen molar-refractivity contribution in [2.75, 3.05) is 6.54 Å². The van der Waals surface area contributed by atoms with Crippen LogP contribution in [-0.4, -0.2) is 12.1 Å². The molecule has 0 spiro atoms. The maximum atomic E-state index is 3.45. The number of hydrogen-bond donors (Lipinski definition) is 1. The summed E-state index contributed by atoms with van der Waals surface area (Å²) in [5.41, 5.74) is 0.322. The van der Waals surface area contributed by atoms with E-state index in [0.29, 0.717) is 5.54 Å². The molecule has 0 aliphatic carbocycles. The molecule has 0 heterocycles. The number of hydrogen-bond acceptors (Lipinski definition) is 1. The highest BCUT2D eigenvalue weighted by molar-refractivity contribution is 4.77. The Morgan fingerprint density at radius 3 is 1.83 bits per heavy atom. The predicted molar refractivity (Wildman–Crippen MR) is 58.6 cm³/mol. The topological polar surface area (TPSA) is 12.0 Å². The summed E-state index contributed by atoms with van der Waals surface area (Å²) >= 11 is 0. The lowest BCUT2D eigenvalue weighted by molar-refractivity contribution is 0.325. The van der Waals surface area contributed by atoms with E-state index in [0.717, 1.165) is 12.5 Å². The first-order valence-electron chi connectivity index (χ1n) is 5.23. The fraction of sp³-hybridized carbons (Fsp3) is 1.00. The van der Waals surface area contributed by atoms with Gasteiger partial charge in [-0.2, -0.15) is 0 Å². The largest absolute Gasteiger partial charge is 0.312 e. The van der Waals surface area contributed by atoms with E-state index in [1.165, 1.54) is 6.42 Å². The minimum Gasteiger partial charge on any atom is -0.312 e. The van der Waals surface area contributed by atoms with E-state index in [1.807, 2.05) is 13.8 Å². The average Bonchev–Trinajstić information content (AvgIpc) is 1.88. The van der Waals surface area contributed by atoms with E-state index in [-0.39, 0.29) is 0 Å². The first-order valence-corrected chi connectivity index (χ1v) is 5.23. The van der Waals surface area contributed by atoms with Gasteiger partial charge in [-0.05, 0) is 32.7 Å². The van der Waals surface area contributed by atoms with Gasteiger partial charge in [0.15, 0.2) is 0 Å². The monoisotopic (exact) mass is 173 g/mol. The third kappa shape index (κ3) is 9.96. The van der Waals surface area contributed by atoms with Crippen LogP contribution in [0.5, 0.6) is 0 Å².